The van der Waals surface area contributed by atoms with E-state index in [9.17, 15) is 14.4 Å². The van der Waals surface area contributed by atoms with Gasteiger partial charge in [0.15, 0.2) is 0 Å². The fourth-order valence-electron chi connectivity index (χ4n) is 3.49. The van der Waals surface area contributed by atoms with Crippen molar-refractivity contribution in [2.24, 2.45) is 0 Å². The Labute approximate surface area is 250 Å². The number of carbonyl (C=O) groups is 3. The lowest BCUT2D eigenvalue weighted by atomic mass is 10.1. The van der Waals surface area contributed by atoms with Crippen molar-refractivity contribution < 1.29 is 14.4 Å². The van der Waals surface area contributed by atoms with E-state index in [4.69, 9.17) is 34.8 Å². The number of benzene rings is 4. The fraction of sp³-hybridized carbons (Fsp3) is 0.0333. The van der Waals surface area contributed by atoms with Gasteiger partial charge in [-0.2, -0.15) is 0 Å². The molecular formula is C30H22Cl3N3O3S. The fourth-order valence-corrected chi connectivity index (χ4v) is 4.74. The molecular weight excluding hydrogens is 589 g/mol. The van der Waals surface area contributed by atoms with Gasteiger partial charge < -0.3 is 16.0 Å². The number of anilines is 2. The quantitative estimate of drug-likeness (QED) is 0.133. The second-order valence-corrected chi connectivity index (χ2v) is 10.7. The second kappa shape index (κ2) is 14.1. The van der Waals surface area contributed by atoms with Gasteiger partial charge in [-0.3, -0.25) is 14.4 Å². The van der Waals surface area contributed by atoms with E-state index >= 15 is 0 Å². The van der Waals surface area contributed by atoms with Gasteiger partial charge in [-0.05, 0) is 72.3 Å². The number of thioether (sulfide) groups is 1. The van der Waals surface area contributed by atoms with Crippen molar-refractivity contribution in [3.8, 4) is 0 Å². The summed E-state index contributed by atoms with van der Waals surface area (Å²) < 4.78 is 0. The van der Waals surface area contributed by atoms with Crippen LogP contribution in [-0.4, -0.2) is 23.5 Å². The van der Waals surface area contributed by atoms with E-state index in [1.165, 1.54) is 11.8 Å². The molecule has 0 aliphatic rings. The van der Waals surface area contributed by atoms with Crippen LogP contribution in [0.25, 0.3) is 6.08 Å². The molecule has 0 aromatic heterocycles. The Balaban J connectivity index is 1.44. The summed E-state index contributed by atoms with van der Waals surface area (Å²) in [5, 5.41) is 9.53. The van der Waals surface area contributed by atoms with E-state index in [1.54, 1.807) is 97.1 Å². The molecule has 0 unspecified atom stereocenters. The zero-order chi connectivity index (χ0) is 28.5. The minimum atomic E-state index is -0.524. The summed E-state index contributed by atoms with van der Waals surface area (Å²) in [4.78, 5) is 39.3. The summed E-state index contributed by atoms with van der Waals surface area (Å²) in [5.41, 5.74) is 2.12. The van der Waals surface area contributed by atoms with Gasteiger partial charge >= 0.3 is 0 Å². The number of amides is 3. The molecule has 202 valence electrons. The highest BCUT2D eigenvalue weighted by molar-refractivity contribution is 8.00. The molecule has 3 N–H and O–H groups in total. The maximum atomic E-state index is 13.3. The first kappa shape index (κ1) is 29.2. The van der Waals surface area contributed by atoms with Crippen LogP contribution >= 0.6 is 46.6 Å². The number of hydrogen-bond acceptors (Lipinski definition) is 4. The maximum absolute atomic E-state index is 13.3. The van der Waals surface area contributed by atoms with Crippen molar-refractivity contribution in [3.05, 3.63) is 129 Å². The van der Waals surface area contributed by atoms with Crippen LogP contribution in [0.4, 0.5) is 11.4 Å². The van der Waals surface area contributed by atoms with Gasteiger partial charge in [0, 0.05) is 26.9 Å². The first-order valence-electron chi connectivity index (χ1n) is 11.9. The number of carbonyl (C=O) groups excluding carboxylic acids is 3. The zero-order valence-corrected chi connectivity index (χ0v) is 23.9. The molecule has 0 saturated carbocycles. The largest absolute Gasteiger partial charge is 0.325 e. The van der Waals surface area contributed by atoms with Crippen LogP contribution in [0, 0.1) is 0 Å². The van der Waals surface area contributed by atoms with Crippen molar-refractivity contribution in [3.63, 3.8) is 0 Å². The van der Waals surface area contributed by atoms with Crippen molar-refractivity contribution in [1.82, 2.24) is 5.32 Å². The third-order valence-corrected chi connectivity index (χ3v) is 7.32. The van der Waals surface area contributed by atoms with E-state index in [0.29, 0.717) is 37.6 Å². The van der Waals surface area contributed by atoms with E-state index < -0.39 is 11.8 Å². The molecule has 0 spiro atoms. The zero-order valence-electron chi connectivity index (χ0n) is 20.8. The van der Waals surface area contributed by atoms with Gasteiger partial charge in [-0.15, -0.1) is 11.8 Å². The highest BCUT2D eigenvalue weighted by atomic mass is 35.5. The summed E-state index contributed by atoms with van der Waals surface area (Å²) >= 11 is 19.3. The van der Waals surface area contributed by atoms with Gasteiger partial charge in [0.1, 0.15) is 5.70 Å². The Hall–Kier alpha value is -3.75. The third kappa shape index (κ3) is 8.63. The predicted molar refractivity (Wildman–Crippen MR) is 164 cm³/mol. The van der Waals surface area contributed by atoms with Crippen LogP contribution < -0.4 is 16.0 Å². The van der Waals surface area contributed by atoms with Crippen LogP contribution in [0.15, 0.2) is 108 Å². The summed E-state index contributed by atoms with van der Waals surface area (Å²) in [6.45, 7) is 0. The Kier molecular flexibility index (Phi) is 10.3. The Morgan fingerprint density at radius 2 is 1.48 bits per heavy atom. The molecule has 4 aromatic rings. The van der Waals surface area contributed by atoms with Crippen LogP contribution in [0.1, 0.15) is 15.9 Å². The van der Waals surface area contributed by atoms with Crippen LogP contribution in [0.3, 0.4) is 0 Å². The molecule has 6 nitrogen and oxygen atoms in total. The van der Waals surface area contributed by atoms with Gasteiger partial charge in [-0.25, -0.2) is 0 Å². The topological polar surface area (TPSA) is 87.3 Å². The molecule has 0 atom stereocenters. The van der Waals surface area contributed by atoms with E-state index in [0.717, 1.165) is 4.90 Å². The highest BCUT2D eigenvalue weighted by Crippen LogP contribution is 2.26. The predicted octanol–water partition coefficient (Wildman–Crippen LogP) is 7.79. The van der Waals surface area contributed by atoms with Crippen molar-refractivity contribution in [1.29, 1.82) is 0 Å². The van der Waals surface area contributed by atoms with Crippen LogP contribution in [-0.2, 0) is 9.59 Å². The monoisotopic (exact) mass is 609 g/mol. The number of hydrogen-bond donors (Lipinski definition) is 3. The maximum Gasteiger partial charge on any atom is 0.272 e. The summed E-state index contributed by atoms with van der Waals surface area (Å²) in [5.74, 6) is -1.05. The second-order valence-electron chi connectivity index (χ2n) is 8.38. The van der Waals surface area contributed by atoms with E-state index in [1.807, 2.05) is 6.07 Å². The smallest absolute Gasteiger partial charge is 0.272 e. The SMILES string of the molecule is O=C(CSc1cccc(NC(=O)/C(=C/c2cccc(Cl)c2)NC(=O)c2ccccc2)c1)Nc1ccc(Cl)c(Cl)c1. The standard InChI is InChI=1S/C30H22Cl3N3O3S/c31-21-9-4-6-19(14-21)15-27(36-29(38)20-7-2-1-3-8-20)30(39)35-22-10-5-11-24(16-22)40-18-28(37)34-23-12-13-25(32)26(33)17-23/h1-17H,18H2,(H,34,37)(H,35,39)(H,36,38)/b27-15-. The van der Waals surface area contributed by atoms with Crippen molar-refractivity contribution >= 4 is 81.7 Å². The molecule has 0 saturated heterocycles. The molecule has 3 amide bonds. The van der Waals surface area contributed by atoms with Gasteiger partial charge in [-0.1, -0.05) is 71.2 Å². The minimum absolute atomic E-state index is 0.0372. The molecule has 0 fully saturated rings. The number of halogens is 3. The van der Waals surface area contributed by atoms with E-state index in [-0.39, 0.29) is 17.4 Å². The van der Waals surface area contributed by atoms with E-state index in [2.05, 4.69) is 16.0 Å². The Morgan fingerprint density at radius 3 is 2.23 bits per heavy atom. The first-order valence-corrected chi connectivity index (χ1v) is 14.0. The molecule has 10 heteroatoms. The summed E-state index contributed by atoms with van der Waals surface area (Å²) in [6.07, 6.45) is 1.55. The molecule has 0 aliphatic carbocycles. The molecule has 0 bridgehead atoms. The third-order valence-electron chi connectivity index (χ3n) is 5.35. The lowest BCUT2D eigenvalue weighted by Crippen LogP contribution is -2.30. The Morgan fingerprint density at radius 1 is 0.725 bits per heavy atom. The summed E-state index contributed by atoms with van der Waals surface area (Å²) in [6, 6.07) is 27.4. The minimum Gasteiger partial charge on any atom is -0.325 e. The summed E-state index contributed by atoms with van der Waals surface area (Å²) in [7, 11) is 0. The molecule has 40 heavy (non-hydrogen) atoms. The molecule has 4 aromatic carbocycles. The highest BCUT2D eigenvalue weighted by Gasteiger charge is 2.16. The Bertz CT molecular complexity index is 1580. The van der Waals surface area contributed by atoms with Crippen molar-refractivity contribution in [2.75, 3.05) is 16.4 Å². The van der Waals surface area contributed by atoms with Gasteiger partial charge in [0.05, 0.1) is 15.8 Å². The molecule has 4 rings (SSSR count). The number of nitrogens with one attached hydrogen (secondary N) is 3. The normalized spacial score (nSPS) is 11.0. The average molecular weight is 611 g/mol. The average Bonchev–Trinajstić information content (AvgIpc) is 2.94. The number of rotatable bonds is 9. The van der Waals surface area contributed by atoms with Gasteiger partial charge in [0.2, 0.25) is 5.91 Å². The lowest BCUT2D eigenvalue weighted by molar-refractivity contribution is -0.114. The van der Waals surface area contributed by atoms with Crippen molar-refractivity contribution in [2.45, 2.75) is 4.90 Å². The van der Waals surface area contributed by atoms with Gasteiger partial charge in [0.25, 0.3) is 11.8 Å². The molecule has 0 aliphatic heterocycles. The van der Waals surface area contributed by atoms with Crippen LogP contribution in [0.5, 0.6) is 0 Å². The first-order chi connectivity index (χ1) is 19.3. The lowest BCUT2D eigenvalue weighted by Gasteiger charge is -2.12. The molecule has 0 radical (unpaired) electrons. The van der Waals surface area contributed by atoms with Crippen LogP contribution in [0.2, 0.25) is 15.1 Å². The molecule has 0 heterocycles.